The standard InChI is InChI=1S/C19H18N4OS2/c24-17(12-25-19-23-22-18(26-19)20-14-10-11-14)21-16-9-5-4-8-15(16)13-6-2-1-3-7-13/h1-9,14H,10-12H2,(H,20,22)(H,21,24). The van der Waals surface area contributed by atoms with Gasteiger partial charge in [-0.3, -0.25) is 4.79 Å². The van der Waals surface area contributed by atoms with Crippen LogP contribution in [-0.4, -0.2) is 27.9 Å². The third kappa shape index (κ3) is 4.42. The zero-order valence-corrected chi connectivity index (χ0v) is 15.6. The van der Waals surface area contributed by atoms with Gasteiger partial charge < -0.3 is 10.6 Å². The number of nitrogens with zero attached hydrogens (tertiary/aromatic N) is 2. The van der Waals surface area contributed by atoms with Crippen LogP contribution in [-0.2, 0) is 4.79 Å². The summed E-state index contributed by atoms with van der Waals surface area (Å²) in [7, 11) is 0. The van der Waals surface area contributed by atoms with Crippen molar-refractivity contribution in [1.29, 1.82) is 0 Å². The number of anilines is 2. The van der Waals surface area contributed by atoms with Crippen molar-refractivity contribution in [3.05, 3.63) is 54.6 Å². The Labute approximate surface area is 160 Å². The highest BCUT2D eigenvalue weighted by atomic mass is 32.2. The summed E-state index contributed by atoms with van der Waals surface area (Å²) in [6, 6.07) is 18.4. The van der Waals surface area contributed by atoms with E-state index in [-0.39, 0.29) is 5.91 Å². The van der Waals surface area contributed by atoms with Crippen LogP contribution in [0, 0.1) is 0 Å². The van der Waals surface area contributed by atoms with Gasteiger partial charge in [-0.25, -0.2) is 0 Å². The van der Waals surface area contributed by atoms with E-state index in [0.29, 0.717) is 11.8 Å². The number of amides is 1. The van der Waals surface area contributed by atoms with Crippen LogP contribution in [0.1, 0.15) is 12.8 Å². The van der Waals surface area contributed by atoms with Gasteiger partial charge in [0.1, 0.15) is 0 Å². The summed E-state index contributed by atoms with van der Waals surface area (Å²) < 4.78 is 0.805. The fourth-order valence-corrected chi connectivity index (χ4v) is 4.13. The minimum atomic E-state index is -0.0507. The Morgan fingerprint density at radius 1 is 1.08 bits per heavy atom. The topological polar surface area (TPSA) is 66.9 Å². The number of hydrogen-bond acceptors (Lipinski definition) is 6. The van der Waals surface area contributed by atoms with E-state index in [2.05, 4.69) is 20.8 Å². The molecule has 1 heterocycles. The quantitative estimate of drug-likeness (QED) is 0.589. The molecule has 3 aromatic rings. The van der Waals surface area contributed by atoms with Crippen LogP contribution in [0.15, 0.2) is 58.9 Å². The fourth-order valence-electron chi connectivity index (χ4n) is 2.50. The fraction of sp³-hybridized carbons (Fsp3) is 0.211. The van der Waals surface area contributed by atoms with Crippen LogP contribution < -0.4 is 10.6 Å². The average Bonchev–Trinajstić information content (AvgIpc) is 3.37. The molecule has 0 aliphatic heterocycles. The Morgan fingerprint density at radius 2 is 1.85 bits per heavy atom. The smallest absolute Gasteiger partial charge is 0.234 e. The minimum absolute atomic E-state index is 0.0507. The van der Waals surface area contributed by atoms with Gasteiger partial charge in [-0.2, -0.15) is 0 Å². The van der Waals surface area contributed by atoms with E-state index in [1.807, 2.05) is 54.6 Å². The summed E-state index contributed by atoms with van der Waals surface area (Å²) in [4.78, 5) is 12.4. The average molecular weight is 383 g/mol. The molecule has 2 aromatic carbocycles. The van der Waals surface area contributed by atoms with Crippen LogP contribution in [0.3, 0.4) is 0 Å². The zero-order chi connectivity index (χ0) is 17.8. The summed E-state index contributed by atoms with van der Waals surface area (Å²) in [6.45, 7) is 0. The number of hydrogen-bond donors (Lipinski definition) is 2. The molecule has 1 aliphatic rings. The summed E-state index contributed by atoms with van der Waals surface area (Å²) >= 11 is 2.91. The maximum Gasteiger partial charge on any atom is 0.234 e. The third-order valence-corrected chi connectivity index (χ3v) is 5.91. The first-order valence-corrected chi connectivity index (χ1v) is 10.3. The van der Waals surface area contributed by atoms with Gasteiger partial charge in [0.2, 0.25) is 11.0 Å². The van der Waals surface area contributed by atoms with Gasteiger partial charge in [-0.1, -0.05) is 71.6 Å². The molecule has 0 saturated heterocycles. The van der Waals surface area contributed by atoms with E-state index in [1.165, 1.54) is 35.9 Å². The van der Waals surface area contributed by atoms with Crippen LogP contribution in [0.25, 0.3) is 11.1 Å². The Kier molecular flexibility index (Phi) is 5.17. The molecule has 26 heavy (non-hydrogen) atoms. The first kappa shape index (κ1) is 17.1. The molecule has 0 bridgehead atoms. The number of para-hydroxylation sites is 1. The van der Waals surface area contributed by atoms with Crippen molar-refractivity contribution >= 4 is 39.8 Å². The number of carbonyl (C=O) groups is 1. The first-order valence-electron chi connectivity index (χ1n) is 8.45. The van der Waals surface area contributed by atoms with Gasteiger partial charge in [0.05, 0.1) is 5.75 Å². The number of rotatable bonds is 7. The van der Waals surface area contributed by atoms with Crippen molar-refractivity contribution in [2.24, 2.45) is 0 Å². The van der Waals surface area contributed by atoms with Crippen molar-refractivity contribution < 1.29 is 4.79 Å². The Bertz CT molecular complexity index is 893. The molecule has 1 aliphatic carbocycles. The highest BCUT2D eigenvalue weighted by molar-refractivity contribution is 8.01. The van der Waals surface area contributed by atoms with E-state index >= 15 is 0 Å². The highest BCUT2D eigenvalue weighted by Crippen LogP contribution is 2.31. The van der Waals surface area contributed by atoms with Crippen LogP contribution >= 0.6 is 23.1 Å². The Morgan fingerprint density at radius 3 is 2.65 bits per heavy atom. The second-order valence-corrected chi connectivity index (χ2v) is 8.24. The summed E-state index contributed by atoms with van der Waals surface area (Å²) in [5, 5.41) is 15.4. The van der Waals surface area contributed by atoms with Crippen molar-refractivity contribution in [3.8, 4) is 11.1 Å². The molecular weight excluding hydrogens is 364 g/mol. The summed E-state index contributed by atoms with van der Waals surface area (Å²) in [5.41, 5.74) is 2.91. The van der Waals surface area contributed by atoms with E-state index < -0.39 is 0 Å². The molecule has 4 rings (SSSR count). The normalized spacial score (nSPS) is 13.4. The molecule has 7 heteroatoms. The van der Waals surface area contributed by atoms with Crippen molar-refractivity contribution in [2.75, 3.05) is 16.4 Å². The van der Waals surface area contributed by atoms with Gasteiger partial charge >= 0.3 is 0 Å². The van der Waals surface area contributed by atoms with Crippen molar-refractivity contribution in [2.45, 2.75) is 23.2 Å². The molecule has 1 fully saturated rings. The number of benzene rings is 2. The molecule has 5 nitrogen and oxygen atoms in total. The van der Waals surface area contributed by atoms with Crippen molar-refractivity contribution in [3.63, 3.8) is 0 Å². The lowest BCUT2D eigenvalue weighted by molar-refractivity contribution is -0.113. The Balaban J connectivity index is 1.37. The molecule has 1 amide bonds. The first-order chi connectivity index (χ1) is 12.8. The lowest BCUT2D eigenvalue weighted by Gasteiger charge is -2.10. The highest BCUT2D eigenvalue weighted by Gasteiger charge is 2.22. The number of nitrogens with one attached hydrogen (secondary N) is 2. The predicted molar refractivity (Wildman–Crippen MR) is 108 cm³/mol. The van der Waals surface area contributed by atoms with Gasteiger partial charge in [-0.15, -0.1) is 10.2 Å². The van der Waals surface area contributed by atoms with Gasteiger partial charge in [0, 0.05) is 17.3 Å². The monoisotopic (exact) mass is 382 g/mol. The maximum absolute atomic E-state index is 12.4. The van der Waals surface area contributed by atoms with Gasteiger partial charge in [0.15, 0.2) is 4.34 Å². The molecule has 0 atom stereocenters. The van der Waals surface area contributed by atoms with E-state index in [9.17, 15) is 4.79 Å². The van der Waals surface area contributed by atoms with Gasteiger partial charge in [-0.05, 0) is 24.5 Å². The lowest BCUT2D eigenvalue weighted by Crippen LogP contribution is -2.14. The molecule has 0 unspecified atom stereocenters. The molecule has 0 spiro atoms. The number of aromatic nitrogens is 2. The summed E-state index contributed by atoms with van der Waals surface area (Å²) in [6.07, 6.45) is 2.40. The molecule has 1 saturated carbocycles. The van der Waals surface area contributed by atoms with E-state index in [0.717, 1.165) is 26.3 Å². The van der Waals surface area contributed by atoms with Crippen LogP contribution in [0.5, 0.6) is 0 Å². The van der Waals surface area contributed by atoms with Crippen LogP contribution in [0.4, 0.5) is 10.8 Å². The zero-order valence-electron chi connectivity index (χ0n) is 14.0. The second-order valence-electron chi connectivity index (χ2n) is 6.04. The lowest BCUT2D eigenvalue weighted by atomic mass is 10.0. The maximum atomic E-state index is 12.4. The van der Waals surface area contributed by atoms with E-state index in [4.69, 9.17) is 0 Å². The molecular formula is C19H18N4OS2. The molecule has 1 aromatic heterocycles. The summed E-state index contributed by atoms with van der Waals surface area (Å²) in [5.74, 6) is 0.256. The SMILES string of the molecule is O=C(CSc1nnc(NC2CC2)s1)Nc1ccccc1-c1ccccc1. The molecule has 0 radical (unpaired) electrons. The number of thioether (sulfide) groups is 1. The largest absolute Gasteiger partial charge is 0.357 e. The predicted octanol–water partition coefficient (Wildman–Crippen LogP) is 4.51. The van der Waals surface area contributed by atoms with Crippen molar-refractivity contribution in [1.82, 2.24) is 10.2 Å². The molecule has 132 valence electrons. The molecule has 2 N–H and O–H groups in total. The Hall–Kier alpha value is -2.38. The van der Waals surface area contributed by atoms with Gasteiger partial charge in [0.25, 0.3) is 0 Å². The van der Waals surface area contributed by atoms with E-state index in [1.54, 1.807) is 0 Å². The minimum Gasteiger partial charge on any atom is -0.357 e. The van der Waals surface area contributed by atoms with Crippen LogP contribution in [0.2, 0.25) is 0 Å². The third-order valence-electron chi connectivity index (χ3n) is 3.92. The second kappa shape index (κ2) is 7.88. The number of carbonyl (C=O) groups excluding carboxylic acids is 1.